The highest BCUT2D eigenvalue weighted by atomic mass is 35.5. The molecule has 5 atom stereocenters. The first-order valence-electron chi connectivity index (χ1n) is 10.3. The summed E-state index contributed by atoms with van der Waals surface area (Å²) >= 11 is 8.67. The first-order chi connectivity index (χ1) is 12.2. The molecule has 1 aliphatic heterocycles. The Labute approximate surface area is 161 Å². The van der Waals surface area contributed by atoms with Crippen LogP contribution in [0.2, 0.25) is 0 Å². The highest BCUT2D eigenvalue weighted by Crippen LogP contribution is 2.48. The van der Waals surface area contributed by atoms with E-state index in [1.165, 1.54) is 25.7 Å². The van der Waals surface area contributed by atoms with Gasteiger partial charge in [0.15, 0.2) is 0 Å². The van der Waals surface area contributed by atoms with Crippen molar-refractivity contribution in [3.8, 4) is 0 Å². The molecule has 0 N–H and O–H groups in total. The van der Waals surface area contributed by atoms with Crippen LogP contribution in [0.5, 0.6) is 0 Å². The van der Waals surface area contributed by atoms with Gasteiger partial charge in [-0.3, -0.25) is 4.79 Å². The Morgan fingerprint density at radius 1 is 0.960 bits per heavy atom. The van der Waals surface area contributed by atoms with Crippen molar-refractivity contribution in [2.75, 3.05) is 7.11 Å². The van der Waals surface area contributed by atoms with Gasteiger partial charge in [-0.2, -0.15) is 11.8 Å². The Hall–Kier alpha value is 0.0700. The zero-order valence-electron chi connectivity index (χ0n) is 15.4. The van der Waals surface area contributed by atoms with Crippen LogP contribution in [-0.4, -0.2) is 52.0 Å². The van der Waals surface area contributed by atoms with E-state index in [1.54, 1.807) is 7.11 Å². The van der Waals surface area contributed by atoms with Gasteiger partial charge < -0.3 is 9.64 Å². The van der Waals surface area contributed by atoms with Gasteiger partial charge in [0.05, 0.1) is 6.10 Å². The van der Waals surface area contributed by atoms with E-state index < -0.39 is 0 Å². The molecule has 4 fully saturated rings. The number of rotatable bonds is 2. The van der Waals surface area contributed by atoms with Gasteiger partial charge in [0, 0.05) is 41.0 Å². The molecule has 4 rings (SSSR count). The SMILES string of the molecule is COC1CCC(C(=O)N2C3CCCCC3SC3CC(Cl)CCC32)CC1. The maximum Gasteiger partial charge on any atom is 0.226 e. The average molecular weight is 386 g/mol. The Kier molecular flexibility index (Phi) is 5.88. The summed E-state index contributed by atoms with van der Waals surface area (Å²) in [4.78, 5) is 16.0. The molecule has 25 heavy (non-hydrogen) atoms. The van der Waals surface area contributed by atoms with Crippen LogP contribution in [0.1, 0.15) is 70.6 Å². The third kappa shape index (κ3) is 3.73. The molecule has 0 aromatic heterocycles. The highest BCUT2D eigenvalue weighted by molar-refractivity contribution is 8.00. The maximum absolute atomic E-state index is 13.6. The van der Waals surface area contributed by atoms with Gasteiger partial charge in [0.2, 0.25) is 5.91 Å². The van der Waals surface area contributed by atoms with E-state index in [1.807, 2.05) is 0 Å². The third-order valence-electron chi connectivity index (χ3n) is 7.04. The molecule has 5 unspecified atom stereocenters. The molecular weight excluding hydrogens is 354 g/mol. The summed E-state index contributed by atoms with van der Waals surface area (Å²) in [6.07, 6.45) is 12.8. The lowest BCUT2D eigenvalue weighted by molar-refractivity contribution is -0.144. The minimum atomic E-state index is 0.228. The van der Waals surface area contributed by atoms with Gasteiger partial charge in [0.25, 0.3) is 0 Å². The lowest BCUT2D eigenvalue weighted by Gasteiger charge is -2.54. The topological polar surface area (TPSA) is 29.5 Å². The van der Waals surface area contributed by atoms with Crippen LogP contribution in [0.4, 0.5) is 0 Å². The van der Waals surface area contributed by atoms with Gasteiger partial charge in [-0.15, -0.1) is 11.6 Å². The summed E-state index contributed by atoms with van der Waals surface area (Å²) in [6, 6.07) is 0.923. The first-order valence-corrected chi connectivity index (χ1v) is 11.7. The minimum Gasteiger partial charge on any atom is -0.381 e. The summed E-state index contributed by atoms with van der Waals surface area (Å²) in [5, 5.41) is 1.52. The van der Waals surface area contributed by atoms with Crippen LogP contribution < -0.4 is 0 Å². The molecule has 4 aliphatic rings. The molecule has 1 saturated heterocycles. The summed E-state index contributed by atoms with van der Waals surface area (Å²) in [5.74, 6) is 0.696. The minimum absolute atomic E-state index is 0.228. The smallest absolute Gasteiger partial charge is 0.226 e. The zero-order chi connectivity index (χ0) is 17.4. The van der Waals surface area contributed by atoms with E-state index in [-0.39, 0.29) is 5.92 Å². The number of thioether (sulfide) groups is 1. The molecule has 5 heteroatoms. The molecule has 0 aromatic rings. The molecule has 0 aromatic carbocycles. The quantitative estimate of drug-likeness (QED) is 0.650. The van der Waals surface area contributed by atoms with Crippen molar-refractivity contribution in [3.63, 3.8) is 0 Å². The maximum atomic E-state index is 13.6. The highest BCUT2D eigenvalue weighted by Gasteiger charge is 2.49. The van der Waals surface area contributed by atoms with E-state index in [0.29, 0.717) is 40.0 Å². The second kappa shape index (κ2) is 7.98. The fourth-order valence-electron chi connectivity index (χ4n) is 5.64. The van der Waals surface area contributed by atoms with Crippen molar-refractivity contribution in [1.82, 2.24) is 4.90 Å². The molecule has 3 nitrogen and oxygen atoms in total. The number of hydrogen-bond acceptors (Lipinski definition) is 3. The number of carbonyl (C=O) groups is 1. The normalized spacial score (nSPS) is 44.7. The van der Waals surface area contributed by atoms with Crippen molar-refractivity contribution in [2.45, 2.75) is 105 Å². The Balaban J connectivity index is 1.52. The molecule has 0 spiro atoms. The lowest BCUT2D eigenvalue weighted by Crippen LogP contribution is -2.62. The number of methoxy groups -OCH3 is 1. The Morgan fingerprint density at radius 2 is 1.68 bits per heavy atom. The molecular formula is C20H32ClNO2S. The number of ether oxygens (including phenoxy) is 1. The number of fused-ring (bicyclic) bond motifs is 2. The number of hydrogen-bond donors (Lipinski definition) is 0. The monoisotopic (exact) mass is 385 g/mol. The molecule has 3 saturated carbocycles. The van der Waals surface area contributed by atoms with Crippen molar-refractivity contribution in [1.29, 1.82) is 0 Å². The fourth-order valence-corrected chi connectivity index (χ4v) is 8.05. The summed E-state index contributed by atoms with van der Waals surface area (Å²) in [5.41, 5.74) is 0. The fraction of sp³-hybridized carbons (Fsp3) is 0.950. The standard InChI is InChI=1S/C20H32ClNO2S/c1-24-15-9-6-13(7-10-15)20(23)22-16-4-2-3-5-18(16)25-19-12-14(21)8-11-17(19)22/h13-19H,2-12H2,1H3. The first kappa shape index (κ1) is 18.4. The summed E-state index contributed by atoms with van der Waals surface area (Å²) in [6.45, 7) is 0. The summed E-state index contributed by atoms with van der Waals surface area (Å²) < 4.78 is 5.51. The van der Waals surface area contributed by atoms with Gasteiger partial charge >= 0.3 is 0 Å². The second-order valence-corrected chi connectivity index (χ2v) is 10.6. The Morgan fingerprint density at radius 3 is 2.44 bits per heavy atom. The number of carbonyl (C=O) groups excluding carboxylic acids is 1. The van der Waals surface area contributed by atoms with Crippen molar-refractivity contribution >= 4 is 29.3 Å². The van der Waals surface area contributed by atoms with Crippen molar-refractivity contribution in [2.24, 2.45) is 5.92 Å². The van der Waals surface area contributed by atoms with E-state index in [2.05, 4.69) is 16.7 Å². The number of alkyl halides is 1. The number of nitrogens with zero attached hydrogens (tertiary/aromatic N) is 1. The molecule has 142 valence electrons. The largest absolute Gasteiger partial charge is 0.381 e. The molecule has 0 radical (unpaired) electrons. The summed E-state index contributed by atoms with van der Waals surface area (Å²) in [7, 11) is 1.80. The molecule has 0 bridgehead atoms. The van der Waals surface area contributed by atoms with E-state index in [9.17, 15) is 4.79 Å². The molecule has 1 amide bonds. The number of halogens is 1. The van der Waals surface area contributed by atoms with Crippen LogP contribution in [0.15, 0.2) is 0 Å². The number of amides is 1. The zero-order valence-corrected chi connectivity index (χ0v) is 16.9. The Bertz CT molecular complexity index is 482. The van der Waals surface area contributed by atoms with E-state index >= 15 is 0 Å². The van der Waals surface area contributed by atoms with Crippen LogP contribution in [-0.2, 0) is 9.53 Å². The predicted molar refractivity (Wildman–Crippen MR) is 104 cm³/mol. The van der Waals surface area contributed by atoms with Crippen LogP contribution in [0, 0.1) is 5.92 Å². The van der Waals surface area contributed by atoms with E-state index in [4.69, 9.17) is 16.3 Å². The third-order valence-corrected chi connectivity index (χ3v) is 9.19. The molecule has 1 heterocycles. The van der Waals surface area contributed by atoms with Crippen molar-refractivity contribution in [3.05, 3.63) is 0 Å². The molecule has 3 aliphatic carbocycles. The van der Waals surface area contributed by atoms with Gasteiger partial charge in [-0.1, -0.05) is 12.8 Å². The predicted octanol–water partition coefficient (Wildman–Crippen LogP) is 4.61. The van der Waals surface area contributed by atoms with Crippen LogP contribution >= 0.6 is 23.4 Å². The van der Waals surface area contributed by atoms with Gasteiger partial charge in [0.1, 0.15) is 0 Å². The average Bonchev–Trinajstić information content (AvgIpc) is 2.65. The van der Waals surface area contributed by atoms with Crippen LogP contribution in [0.25, 0.3) is 0 Å². The van der Waals surface area contributed by atoms with Crippen molar-refractivity contribution < 1.29 is 9.53 Å². The van der Waals surface area contributed by atoms with Gasteiger partial charge in [-0.05, 0) is 57.8 Å². The second-order valence-electron chi connectivity index (χ2n) is 8.50. The van der Waals surface area contributed by atoms with E-state index in [0.717, 1.165) is 44.9 Å². The van der Waals surface area contributed by atoms with Crippen LogP contribution in [0.3, 0.4) is 0 Å². The van der Waals surface area contributed by atoms with Gasteiger partial charge in [-0.25, -0.2) is 0 Å². The lowest BCUT2D eigenvalue weighted by atomic mass is 9.82.